The van der Waals surface area contributed by atoms with E-state index in [9.17, 15) is 0 Å². The second-order valence-corrected chi connectivity index (χ2v) is 16.1. The van der Waals surface area contributed by atoms with Crippen molar-refractivity contribution >= 4 is 89.6 Å². The summed E-state index contributed by atoms with van der Waals surface area (Å²) in [5, 5.41) is 4.64. The molecule has 0 N–H and O–H groups in total. The quantitative estimate of drug-likeness (QED) is 0.168. The highest BCUT2D eigenvalue weighted by atomic mass is 32.2. The van der Waals surface area contributed by atoms with Crippen LogP contribution in [0.3, 0.4) is 0 Å². The molecule has 3 heterocycles. The Morgan fingerprint density at radius 2 is 0.915 bits per heavy atom. The Morgan fingerprint density at radius 3 is 1.63 bits per heavy atom. The molecule has 0 aliphatic carbocycles. The highest BCUT2D eigenvalue weighted by Gasteiger charge is 2.27. The van der Waals surface area contributed by atoms with E-state index in [0.29, 0.717) is 0 Å². The fourth-order valence-electron chi connectivity index (χ4n) is 8.88. The van der Waals surface area contributed by atoms with E-state index in [0.717, 1.165) is 72.8 Å². The van der Waals surface area contributed by atoms with Crippen molar-refractivity contribution < 1.29 is 4.42 Å². The van der Waals surface area contributed by atoms with Crippen molar-refractivity contribution in [1.29, 1.82) is 0 Å². The molecular weight excluding hydrogens is 739 g/mol. The van der Waals surface area contributed by atoms with Gasteiger partial charge in [-0.3, -0.25) is 0 Å². The minimum absolute atomic E-state index is 0.869. The Hall–Kier alpha value is -7.47. The van der Waals surface area contributed by atoms with E-state index in [-0.39, 0.29) is 0 Å². The molecule has 2 aromatic heterocycles. The second-order valence-electron chi connectivity index (χ2n) is 15.0. The van der Waals surface area contributed by atoms with Gasteiger partial charge < -0.3 is 18.8 Å². The first-order chi connectivity index (χ1) is 29.2. The van der Waals surface area contributed by atoms with Gasteiger partial charge in [0.1, 0.15) is 11.2 Å². The van der Waals surface area contributed by atoms with Crippen LogP contribution in [0.25, 0.3) is 60.6 Å². The molecule has 11 aromatic rings. The molecule has 0 fully saturated rings. The van der Waals surface area contributed by atoms with Gasteiger partial charge in [-0.15, -0.1) is 0 Å². The fourth-order valence-corrected chi connectivity index (χ4v) is 9.94. The van der Waals surface area contributed by atoms with Crippen LogP contribution in [0.1, 0.15) is 0 Å². The van der Waals surface area contributed by atoms with Crippen LogP contribution >= 0.6 is 11.8 Å². The van der Waals surface area contributed by atoms with Crippen LogP contribution in [-0.2, 0) is 0 Å². The van der Waals surface area contributed by atoms with Crippen molar-refractivity contribution in [3.63, 3.8) is 0 Å². The fraction of sp³-hybridized carbons (Fsp3) is 0. The topological polar surface area (TPSA) is 24.6 Å². The van der Waals surface area contributed by atoms with Crippen LogP contribution in [0.15, 0.2) is 227 Å². The summed E-state index contributed by atoms with van der Waals surface area (Å²) in [4.78, 5) is 7.28. The number of rotatable bonds is 6. The number of hydrogen-bond donors (Lipinski definition) is 0. The molecule has 0 unspecified atom stereocenters. The lowest BCUT2D eigenvalue weighted by Gasteiger charge is -2.34. The van der Waals surface area contributed by atoms with Gasteiger partial charge in [0.2, 0.25) is 0 Å². The van der Waals surface area contributed by atoms with Gasteiger partial charge in [-0.1, -0.05) is 133 Å². The molecule has 5 heteroatoms. The summed E-state index contributed by atoms with van der Waals surface area (Å²) in [6, 6.07) is 76.5. The van der Waals surface area contributed by atoms with Crippen molar-refractivity contribution in [2.24, 2.45) is 0 Å². The lowest BCUT2D eigenvalue weighted by molar-refractivity contribution is 0.669. The van der Waals surface area contributed by atoms with Crippen molar-refractivity contribution in [3.8, 4) is 16.8 Å². The largest absolute Gasteiger partial charge is 0.456 e. The molecule has 0 atom stereocenters. The summed E-state index contributed by atoms with van der Waals surface area (Å²) in [7, 11) is 0. The van der Waals surface area contributed by atoms with Crippen LogP contribution in [0, 0.1) is 0 Å². The first-order valence-corrected chi connectivity index (χ1v) is 20.7. The molecule has 278 valence electrons. The van der Waals surface area contributed by atoms with Gasteiger partial charge >= 0.3 is 0 Å². The molecule has 12 rings (SSSR count). The molecule has 4 nitrogen and oxygen atoms in total. The van der Waals surface area contributed by atoms with E-state index in [1.165, 1.54) is 31.7 Å². The maximum atomic E-state index is 6.35. The van der Waals surface area contributed by atoms with Gasteiger partial charge in [-0.2, -0.15) is 0 Å². The van der Waals surface area contributed by atoms with Crippen molar-refractivity contribution in [2.75, 3.05) is 9.80 Å². The van der Waals surface area contributed by atoms with Crippen LogP contribution in [0.2, 0.25) is 0 Å². The third-order valence-corrected chi connectivity index (χ3v) is 12.7. The maximum Gasteiger partial charge on any atom is 0.135 e. The summed E-state index contributed by atoms with van der Waals surface area (Å²) in [5.74, 6) is 0. The average Bonchev–Trinajstić information content (AvgIpc) is 3.84. The maximum absolute atomic E-state index is 6.35. The Bertz CT molecular complexity index is 3290. The molecule has 0 saturated carbocycles. The third kappa shape index (κ3) is 5.54. The molecule has 1 aliphatic heterocycles. The lowest BCUT2D eigenvalue weighted by Crippen LogP contribution is -2.17. The Kier molecular flexibility index (Phi) is 7.75. The third-order valence-electron chi connectivity index (χ3n) is 11.5. The number of para-hydroxylation sites is 5. The van der Waals surface area contributed by atoms with Gasteiger partial charge in [0.25, 0.3) is 0 Å². The van der Waals surface area contributed by atoms with Crippen LogP contribution in [0.5, 0.6) is 0 Å². The molecule has 0 saturated heterocycles. The lowest BCUT2D eigenvalue weighted by atomic mass is 10.0. The smallest absolute Gasteiger partial charge is 0.135 e. The molecule has 59 heavy (non-hydrogen) atoms. The molecular formula is C54H35N3OS. The Morgan fingerprint density at radius 1 is 0.373 bits per heavy atom. The summed E-state index contributed by atoms with van der Waals surface area (Å²) in [6.45, 7) is 0. The summed E-state index contributed by atoms with van der Waals surface area (Å²) in [6.07, 6.45) is 0. The average molecular weight is 774 g/mol. The molecule has 1 aliphatic rings. The first-order valence-electron chi connectivity index (χ1n) is 19.9. The monoisotopic (exact) mass is 773 g/mol. The molecule has 0 bridgehead atoms. The van der Waals surface area contributed by atoms with Crippen molar-refractivity contribution in [2.45, 2.75) is 9.79 Å². The summed E-state index contributed by atoms with van der Waals surface area (Å²) < 4.78 is 8.78. The SMILES string of the molecule is c1ccc(-c2ccc(N(c3cc(N4c5ccccc5Sc5ccccc54)cc(-n4c5ccccc5c5ccccc54)c3)c3ccc4oc5ccccc5c4c3)cc2)cc1. The van der Waals surface area contributed by atoms with Crippen LogP contribution < -0.4 is 9.80 Å². The molecule has 9 aromatic carbocycles. The molecule has 0 spiro atoms. The van der Waals surface area contributed by atoms with Gasteiger partial charge in [0, 0.05) is 42.7 Å². The van der Waals surface area contributed by atoms with E-state index >= 15 is 0 Å². The standard InChI is InChI=1S/C54H35N3OS/c1-2-14-36(15-3-1)37-26-28-38(29-27-37)55(39-30-31-52-46(35-39)45-18-6-11-23-51(45)58-52)40-32-41(56-47-19-7-4-16-43(47)44-17-5-8-20-48(44)56)34-42(33-40)57-49-21-9-12-24-53(49)59-54-25-13-10-22-50(54)57/h1-35H. The van der Waals surface area contributed by atoms with E-state index in [1.54, 1.807) is 0 Å². The van der Waals surface area contributed by atoms with E-state index in [4.69, 9.17) is 4.42 Å². The van der Waals surface area contributed by atoms with Crippen molar-refractivity contribution in [1.82, 2.24) is 4.57 Å². The minimum atomic E-state index is 0.869. The van der Waals surface area contributed by atoms with Gasteiger partial charge in [-0.05, 0) is 102 Å². The van der Waals surface area contributed by atoms with Crippen molar-refractivity contribution in [3.05, 3.63) is 212 Å². The van der Waals surface area contributed by atoms with Gasteiger partial charge in [0.05, 0.1) is 39.5 Å². The molecule has 0 amide bonds. The Balaban J connectivity index is 1.15. The summed E-state index contributed by atoms with van der Waals surface area (Å²) in [5.41, 5.74) is 14.0. The zero-order chi connectivity index (χ0) is 38.9. The normalized spacial score (nSPS) is 12.3. The van der Waals surface area contributed by atoms with Crippen LogP contribution in [0.4, 0.5) is 34.1 Å². The highest BCUT2D eigenvalue weighted by molar-refractivity contribution is 7.99. The summed E-state index contributed by atoms with van der Waals surface area (Å²) >= 11 is 1.83. The van der Waals surface area contributed by atoms with Gasteiger partial charge in [-0.25, -0.2) is 0 Å². The predicted octanol–water partition coefficient (Wildman–Crippen LogP) is 15.8. The number of furan rings is 1. The first kappa shape index (κ1) is 33.6. The number of anilines is 6. The number of fused-ring (bicyclic) bond motifs is 8. The number of aromatic nitrogens is 1. The predicted molar refractivity (Wildman–Crippen MR) is 247 cm³/mol. The molecule has 0 radical (unpaired) electrons. The number of benzene rings is 9. The highest BCUT2D eigenvalue weighted by Crippen LogP contribution is 2.53. The van der Waals surface area contributed by atoms with Gasteiger partial charge in [0.15, 0.2) is 0 Å². The minimum Gasteiger partial charge on any atom is -0.456 e. The number of nitrogens with zero attached hydrogens (tertiary/aromatic N) is 3. The van der Waals surface area contributed by atoms with E-state index < -0.39 is 0 Å². The Labute approximate surface area is 345 Å². The zero-order valence-electron chi connectivity index (χ0n) is 31.9. The number of hydrogen-bond acceptors (Lipinski definition) is 4. The van der Waals surface area contributed by atoms with E-state index in [1.807, 2.05) is 23.9 Å². The zero-order valence-corrected chi connectivity index (χ0v) is 32.7. The second kappa shape index (κ2) is 13.6. The van der Waals surface area contributed by atoms with Crippen LogP contribution in [-0.4, -0.2) is 4.57 Å². The van der Waals surface area contributed by atoms with E-state index in [2.05, 4.69) is 215 Å².